The maximum atomic E-state index is 11.7. The highest BCUT2D eigenvalue weighted by molar-refractivity contribution is 5.92. The van der Waals surface area contributed by atoms with E-state index in [0.717, 1.165) is 0 Å². The van der Waals surface area contributed by atoms with E-state index in [4.69, 9.17) is 9.47 Å². The maximum absolute atomic E-state index is 11.7. The lowest BCUT2D eigenvalue weighted by Crippen LogP contribution is -2.51. The zero-order valence-corrected chi connectivity index (χ0v) is 11.3. The number of rotatable bonds is 6. The molecule has 2 amide bonds. The van der Waals surface area contributed by atoms with Gasteiger partial charge >= 0.3 is 0 Å². The lowest BCUT2D eigenvalue weighted by atomic mass is 10.2. The number of ether oxygens (including phenoxy) is 2. The Morgan fingerprint density at radius 2 is 2.55 bits per heavy atom. The van der Waals surface area contributed by atoms with E-state index in [1.165, 1.54) is 6.20 Å². The van der Waals surface area contributed by atoms with E-state index in [2.05, 4.69) is 15.5 Å². The number of morpholine rings is 1. The highest BCUT2D eigenvalue weighted by atomic mass is 16.5. The summed E-state index contributed by atoms with van der Waals surface area (Å²) >= 11 is 0. The minimum absolute atomic E-state index is 0.0360. The molecule has 8 heteroatoms. The number of hydrogen-bond donors (Lipinski definition) is 2. The van der Waals surface area contributed by atoms with Crippen LogP contribution >= 0.6 is 0 Å². The average Bonchev–Trinajstić information content (AvgIpc) is 2.99. The Balaban J connectivity index is 1.78. The van der Waals surface area contributed by atoms with E-state index in [0.29, 0.717) is 31.9 Å². The molecule has 0 aliphatic carbocycles. The van der Waals surface area contributed by atoms with E-state index in [1.54, 1.807) is 18.1 Å². The van der Waals surface area contributed by atoms with Crippen molar-refractivity contribution in [1.82, 2.24) is 20.4 Å². The third-order valence-electron chi connectivity index (χ3n) is 3.02. The molecule has 2 heterocycles. The zero-order valence-electron chi connectivity index (χ0n) is 11.3. The molecule has 0 spiro atoms. The molecule has 1 unspecified atom stereocenters. The molecule has 0 bridgehead atoms. The summed E-state index contributed by atoms with van der Waals surface area (Å²) in [4.78, 5) is 25.0. The van der Waals surface area contributed by atoms with Crippen molar-refractivity contribution in [2.24, 2.45) is 0 Å². The summed E-state index contributed by atoms with van der Waals surface area (Å²) in [5.41, 5.74) is 0.396. The molecule has 0 radical (unpaired) electrons. The number of carbonyl (C=O) groups is 2. The molecule has 0 aromatic carbocycles. The molecule has 1 saturated heterocycles. The standard InChI is InChI=1S/C12H18N4O4/c1-19-5-4-16-7-9(20-8-11(16)17)6-13-12(18)10-2-3-14-15-10/h2-3,9H,4-8H2,1H3,(H,13,18)(H,14,15). The summed E-state index contributed by atoms with van der Waals surface area (Å²) in [5, 5.41) is 9.04. The first kappa shape index (κ1) is 14.5. The SMILES string of the molecule is COCCN1CC(CNC(=O)c2ccn[nH]2)OCC1=O. The maximum Gasteiger partial charge on any atom is 0.269 e. The van der Waals surface area contributed by atoms with E-state index < -0.39 is 0 Å². The van der Waals surface area contributed by atoms with E-state index in [-0.39, 0.29) is 24.5 Å². The molecular formula is C12H18N4O4. The monoisotopic (exact) mass is 282 g/mol. The van der Waals surface area contributed by atoms with Crippen LogP contribution in [0.5, 0.6) is 0 Å². The summed E-state index contributed by atoms with van der Waals surface area (Å²) in [6, 6.07) is 1.59. The normalized spacial score (nSPS) is 19.1. The van der Waals surface area contributed by atoms with Gasteiger partial charge in [0.05, 0.1) is 12.7 Å². The topological polar surface area (TPSA) is 96.6 Å². The van der Waals surface area contributed by atoms with Gasteiger partial charge in [-0.2, -0.15) is 5.10 Å². The molecule has 0 saturated carbocycles. The Kier molecular flexibility index (Phi) is 5.08. The minimum Gasteiger partial charge on any atom is -0.383 e. The zero-order chi connectivity index (χ0) is 14.4. The van der Waals surface area contributed by atoms with Gasteiger partial charge in [0.2, 0.25) is 5.91 Å². The van der Waals surface area contributed by atoms with Crippen LogP contribution in [0.2, 0.25) is 0 Å². The summed E-state index contributed by atoms with van der Waals surface area (Å²) in [5.74, 6) is -0.301. The molecular weight excluding hydrogens is 264 g/mol. The Labute approximate surface area is 116 Å². The van der Waals surface area contributed by atoms with E-state index >= 15 is 0 Å². The van der Waals surface area contributed by atoms with Crippen molar-refractivity contribution in [2.75, 3.05) is 40.0 Å². The molecule has 20 heavy (non-hydrogen) atoms. The fourth-order valence-corrected chi connectivity index (χ4v) is 1.91. The molecule has 1 aromatic heterocycles. The fourth-order valence-electron chi connectivity index (χ4n) is 1.91. The Hall–Kier alpha value is -1.93. The van der Waals surface area contributed by atoms with Gasteiger partial charge in [0.15, 0.2) is 0 Å². The van der Waals surface area contributed by atoms with Crippen LogP contribution in [0.15, 0.2) is 12.3 Å². The van der Waals surface area contributed by atoms with E-state index in [1.807, 2.05) is 0 Å². The van der Waals surface area contributed by atoms with Gasteiger partial charge in [0.1, 0.15) is 12.3 Å². The van der Waals surface area contributed by atoms with Gasteiger partial charge in [-0.05, 0) is 6.07 Å². The molecule has 110 valence electrons. The molecule has 1 aromatic rings. The first-order valence-electron chi connectivity index (χ1n) is 6.36. The van der Waals surface area contributed by atoms with Crippen molar-refractivity contribution >= 4 is 11.8 Å². The Morgan fingerprint density at radius 1 is 1.70 bits per heavy atom. The van der Waals surface area contributed by atoms with Crippen molar-refractivity contribution in [2.45, 2.75) is 6.10 Å². The second kappa shape index (κ2) is 7.01. The van der Waals surface area contributed by atoms with Crippen LogP contribution in [0.4, 0.5) is 0 Å². The number of methoxy groups -OCH3 is 1. The van der Waals surface area contributed by atoms with E-state index in [9.17, 15) is 9.59 Å². The van der Waals surface area contributed by atoms with Crippen LogP contribution in [0.1, 0.15) is 10.5 Å². The molecule has 1 atom stereocenters. The third kappa shape index (κ3) is 3.78. The van der Waals surface area contributed by atoms with Crippen LogP contribution in [0, 0.1) is 0 Å². The van der Waals surface area contributed by atoms with Gasteiger partial charge in [-0.3, -0.25) is 14.7 Å². The van der Waals surface area contributed by atoms with Gasteiger partial charge in [-0.15, -0.1) is 0 Å². The predicted molar refractivity (Wildman–Crippen MR) is 69.1 cm³/mol. The lowest BCUT2D eigenvalue weighted by Gasteiger charge is -2.32. The number of H-pyrrole nitrogens is 1. The van der Waals surface area contributed by atoms with Gasteiger partial charge in [0.25, 0.3) is 5.91 Å². The smallest absolute Gasteiger partial charge is 0.269 e. The number of nitrogens with one attached hydrogen (secondary N) is 2. The highest BCUT2D eigenvalue weighted by Crippen LogP contribution is 2.06. The molecule has 1 aliphatic rings. The fraction of sp³-hybridized carbons (Fsp3) is 0.583. The number of aromatic nitrogens is 2. The summed E-state index contributed by atoms with van der Waals surface area (Å²) in [6.07, 6.45) is 1.30. The predicted octanol–water partition coefficient (Wildman–Crippen LogP) is -0.987. The number of amides is 2. The highest BCUT2D eigenvalue weighted by Gasteiger charge is 2.26. The molecule has 2 rings (SSSR count). The molecule has 8 nitrogen and oxygen atoms in total. The van der Waals surface area contributed by atoms with Gasteiger partial charge in [0, 0.05) is 32.9 Å². The van der Waals surface area contributed by atoms with Crippen molar-refractivity contribution in [3.8, 4) is 0 Å². The number of nitrogens with zero attached hydrogens (tertiary/aromatic N) is 2. The molecule has 1 aliphatic heterocycles. The quantitative estimate of drug-likeness (QED) is 0.698. The van der Waals surface area contributed by atoms with Crippen LogP contribution in [0.25, 0.3) is 0 Å². The number of carbonyl (C=O) groups excluding carboxylic acids is 2. The first-order chi connectivity index (χ1) is 9.70. The van der Waals surface area contributed by atoms with Crippen molar-refractivity contribution in [1.29, 1.82) is 0 Å². The van der Waals surface area contributed by atoms with Gasteiger partial charge < -0.3 is 19.7 Å². The third-order valence-corrected chi connectivity index (χ3v) is 3.02. The Morgan fingerprint density at radius 3 is 3.25 bits per heavy atom. The number of hydrogen-bond acceptors (Lipinski definition) is 5. The van der Waals surface area contributed by atoms with Crippen LogP contribution in [-0.4, -0.2) is 73.0 Å². The Bertz CT molecular complexity index is 448. The lowest BCUT2D eigenvalue weighted by molar-refractivity contribution is -0.149. The van der Waals surface area contributed by atoms with Crippen LogP contribution in [-0.2, 0) is 14.3 Å². The summed E-state index contributed by atoms with van der Waals surface area (Å²) < 4.78 is 10.4. The summed E-state index contributed by atoms with van der Waals surface area (Å²) in [7, 11) is 1.59. The molecule has 2 N–H and O–H groups in total. The summed E-state index contributed by atoms with van der Waals surface area (Å²) in [6.45, 7) is 1.84. The van der Waals surface area contributed by atoms with Crippen molar-refractivity contribution < 1.29 is 19.1 Å². The van der Waals surface area contributed by atoms with Gasteiger partial charge in [-0.1, -0.05) is 0 Å². The van der Waals surface area contributed by atoms with Crippen molar-refractivity contribution in [3.05, 3.63) is 18.0 Å². The van der Waals surface area contributed by atoms with Crippen molar-refractivity contribution in [3.63, 3.8) is 0 Å². The average molecular weight is 282 g/mol. The first-order valence-corrected chi connectivity index (χ1v) is 6.36. The molecule has 1 fully saturated rings. The second-order valence-corrected chi connectivity index (χ2v) is 4.45. The van der Waals surface area contributed by atoms with Gasteiger partial charge in [-0.25, -0.2) is 0 Å². The van der Waals surface area contributed by atoms with Crippen LogP contribution in [0.3, 0.4) is 0 Å². The largest absolute Gasteiger partial charge is 0.383 e. The number of aromatic amines is 1. The van der Waals surface area contributed by atoms with Crippen LogP contribution < -0.4 is 5.32 Å². The minimum atomic E-state index is -0.244. The second-order valence-electron chi connectivity index (χ2n) is 4.45.